The second-order valence-corrected chi connectivity index (χ2v) is 10.3. The van der Waals surface area contributed by atoms with Crippen molar-refractivity contribution in [3.05, 3.63) is 0 Å². The predicted molar refractivity (Wildman–Crippen MR) is 91.1 cm³/mol. The van der Waals surface area contributed by atoms with Crippen molar-refractivity contribution in [1.82, 2.24) is 9.80 Å². The highest BCUT2D eigenvalue weighted by Crippen LogP contribution is 2.31. The second-order valence-electron chi connectivity index (χ2n) is 7.25. The van der Waals surface area contributed by atoms with Gasteiger partial charge in [-0.2, -0.15) is 0 Å². The van der Waals surface area contributed by atoms with Crippen LogP contribution in [0.2, 0.25) is 13.1 Å². The monoisotopic (exact) mass is 314 g/mol. The summed E-state index contributed by atoms with van der Waals surface area (Å²) in [7, 11) is -0.859. The molecule has 4 nitrogen and oxygen atoms in total. The highest BCUT2D eigenvalue weighted by molar-refractivity contribution is 6.57. The van der Waals surface area contributed by atoms with Gasteiger partial charge in [0.2, 0.25) is 0 Å². The smallest absolute Gasteiger partial charge is 0.307 e. The third-order valence-corrected chi connectivity index (χ3v) is 6.95. The lowest BCUT2D eigenvalue weighted by atomic mass is 9.89. The number of rotatable bonds is 7. The molecule has 0 aromatic heterocycles. The average Bonchev–Trinajstić information content (AvgIpc) is 2.81. The van der Waals surface area contributed by atoms with E-state index in [0.717, 1.165) is 19.6 Å². The van der Waals surface area contributed by atoms with Crippen LogP contribution in [0, 0.1) is 5.92 Å². The largest absolute Gasteiger partial charge is 0.466 e. The SMILES string of the molecule is CCOC(=O)CCN1CCN(C(C)(C)C(C)C)C1[SiH](C)C. The molecule has 0 bridgehead atoms. The summed E-state index contributed by atoms with van der Waals surface area (Å²) in [6.07, 6.45) is 0.515. The minimum atomic E-state index is -0.859. The number of hydrogen-bond acceptors (Lipinski definition) is 4. The van der Waals surface area contributed by atoms with Gasteiger partial charge in [-0.05, 0) is 26.7 Å². The van der Waals surface area contributed by atoms with Crippen molar-refractivity contribution in [2.24, 2.45) is 5.92 Å². The molecule has 1 rings (SSSR count). The quantitative estimate of drug-likeness (QED) is 0.533. The molecule has 1 heterocycles. The Morgan fingerprint density at radius 3 is 2.43 bits per heavy atom. The van der Waals surface area contributed by atoms with E-state index in [9.17, 15) is 4.79 Å². The van der Waals surface area contributed by atoms with Crippen LogP contribution < -0.4 is 0 Å². The van der Waals surface area contributed by atoms with Crippen LogP contribution in [0.1, 0.15) is 41.0 Å². The van der Waals surface area contributed by atoms with Gasteiger partial charge in [-0.1, -0.05) is 26.9 Å². The van der Waals surface area contributed by atoms with Gasteiger partial charge < -0.3 is 4.74 Å². The maximum atomic E-state index is 11.6. The van der Waals surface area contributed by atoms with E-state index < -0.39 is 8.80 Å². The molecular weight excluding hydrogens is 280 g/mol. The van der Waals surface area contributed by atoms with E-state index in [0.29, 0.717) is 24.7 Å². The van der Waals surface area contributed by atoms with Gasteiger partial charge >= 0.3 is 5.97 Å². The van der Waals surface area contributed by atoms with Crippen molar-refractivity contribution in [2.45, 2.75) is 65.5 Å². The first-order chi connectivity index (χ1) is 9.71. The van der Waals surface area contributed by atoms with Crippen molar-refractivity contribution in [3.63, 3.8) is 0 Å². The van der Waals surface area contributed by atoms with Crippen LogP contribution >= 0.6 is 0 Å². The fourth-order valence-corrected chi connectivity index (χ4v) is 5.55. The molecular formula is C16H34N2O2Si. The highest BCUT2D eigenvalue weighted by atomic mass is 28.3. The molecule has 5 heteroatoms. The molecule has 1 saturated heterocycles. The van der Waals surface area contributed by atoms with Crippen LogP contribution in [0.15, 0.2) is 0 Å². The van der Waals surface area contributed by atoms with Crippen LogP contribution in [0.4, 0.5) is 0 Å². The maximum absolute atomic E-state index is 11.6. The number of ether oxygens (including phenoxy) is 1. The summed E-state index contributed by atoms with van der Waals surface area (Å²) in [5.41, 5.74) is 0.209. The van der Waals surface area contributed by atoms with Crippen LogP contribution in [0.5, 0.6) is 0 Å². The molecule has 1 aliphatic heterocycles. The van der Waals surface area contributed by atoms with Crippen LogP contribution in [-0.4, -0.2) is 62.1 Å². The molecule has 0 aromatic carbocycles. The molecule has 0 aliphatic carbocycles. The van der Waals surface area contributed by atoms with E-state index in [1.54, 1.807) is 0 Å². The lowest BCUT2D eigenvalue weighted by molar-refractivity contribution is -0.143. The number of carbonyl (C=O) groups excluding carboxylic acids is 1. The minimum Gasteiger partial charge on any atom is -0.466 e. The standard InChI is InChI=1S/C16H34N2O2Si/c1-8-20-14(19)9-10-17-11-12-18(15(17)21(6)7)16(4,5)13(2)3/h13,15,21H,8-12H2,1-7H3. The first-order valence-electron chi connectivity index (χ1n) is 8.38. The second kappa shape index (κ2) is 7.74. The molecule has 21 heavy (non-hydrogen) atoms. The van der Waals surface area contributed by atoms with Gasteiger partial charge in [-0.25, -0.2) is 0 Å². The molecule has 124 valence electrons. The molecule has 0 N–H and O–H groups in total. The number of esters is 1. The zero-order chi connectivity index (χ0) is 16.2. The molecule has 1 aliphatic rings. The summed E-state index contributed by atoms with van der Waals surface area (Å²) in [5.74, 6) is 1.11. The number of hydrogen-bond donors (Lipinski definition) is 0. The molecule has 0 amide bonds. The van der Waals surface area contributed by atoms with E-state index in [4.69, 9.17) is 4.74 Å². The van der Waals surface area contributed by atoms with E-state index in [2.05, 4.69) is 50.6 Å². The first-order valence-corrected chi connectivity index (χ1v) is 11.4. The van der Waals surface area contributed by atoms with Gasteiger partial charge in [0.1, 0.15) is 0 Å². The third kappa shape index (κ3) is 4.54. The van der Waals surface area contributed by atoms with Gasteiger partial charge in [0.25, 0.3) is 0 Å². The Hall–Kier alpha value is -0.393. The van der Waals surface area contributed by atoms with E-state index in [-0.39, 0.29) is 11.5 Å². The molecule has 0 saturated carbocycles. The van der Waals surface area contributed by atoms with Crippen molar-refractivity contribution in [3.8, 4) is 0 Å². The number of nitrogens with zero attached hydrogens (tertiary/aromatic N) is 2. The Labute approximate surface area is 132 Å². The van der Waals surface area contributed by atoms with E-state index in [1.165, 1.54) is 0 Å². The minimum absolute atomic E-state index is 0.0664. The van der Waals surface area contributed by atoms with Gasteiger partial charge in [-0.15, -0.1) is 0 Å². The topological polar surface area (TPSA) is 32.8 Å². The van der Waals surface area contributed by atoms with Gasteiger partial charge in [0.05, 0.1) is 21.8 Å². The lowest BCUT2D eigenvalue weighted by Gasteiger charge is -2.45. The fraction of sp³-hybridized carbons (Fsp3) is 0.938. The Balaban J connectivity index is 2.73. The molecule has 0 radical (unpaired) electrons. The van der Waals surface area contributed by atoms with Gasteiger partial charge in [0.15, 0.2) is 0 Å². The Bertz CT molecular complexity index is 345. The van der Waals surface area contributed by atoms with E-state index >= 15 is 0 Å². The van der Waals surface area contributed by atoms with E-state index in [1.807, 2.05) is 6.92 Å². The van der Waals surface area contributed by atoms with Gasteiger partial charge in [0, 0.05) is 31.0 Å². The predicted octanol–water partition coefficient (Wildman–Crippen LogP) is 2.34. The molecule has 1 unspecified atom stereocenters. The highest BCUT2D eigenvalue weighted by Gasteiger charge is 2.43. The molecule has 0 aromatic rings. The molecule has 1 atom stereocenters. The number of carbonyl (C=O) groups is 1. The Morgan fingerprint density at radius 1 is 1.33 bits per heavy atom. The normalized spacial score (nSPS) is 21.5. The Morgan fingerprint density at radius 2 is 1.95 bits per heavy atom. The van der Waals surface area contributed by atoms with Gasteiger partial charge in [-0.3, -0.25) is 14.6 Å². The maximum Gasteiger partial charge on any atom is 0.307 e. The molecule has 0 spiro atoms. The Kier molecular flexibility index (Phi) is 6.88. The van der Waals surface area contributed by atoms with Crippen LogP contribution in [0.3, 0.4) is 0 Å². The van der Waals surface area contributed by atoms with Crippen LogP contribution in [-0.2, 0) is 9.53 Å². The van der Waals surface area contributed by atoms with Crippen LogP contribution in [0.25, 0.3) is 0 Å². The zero-order valence-corrected chi connectivity index (χ0v) is 16.1. The first kappa shape index (κ1) is 18.7. The zero-order valence-electron chi connectivity index (χ0n) is 15.0. The molecule has 1 fully saturated rings. The van der Waals surface area contributed by atoms with Crippen molar-refractivity contribution in [1.29, 1.82) is 0 Å². The summed E-state index contributed by atoms with van der Waals surface area (Å²) in [4.78, 5) is 16.8. The summed E-state index contributed by atoms with van der Waals surface area (Å²) in [6.45, 7) is 19.5. The van der Waals surface area contributed by atoms with Crippen molar-refractivity contribution in [2.75, 3.05) is 26.2 Å². The summed E-state index contributed by atoms with van der Waals surface area (Å²) < 4.78 is 5.06. The summed E-state index contributed by atoms with van der Waals surface area (Å²) >= 11 is 0. The average molecular weight is 315 g/mol. The summed E-state index contributed by atoms with van der Waals surface area (Å²) in [6, 6.07) is 0. The fourth-order valence-electron chi connectivity index (χ4n) is 3.15. The summed E-state index contributed by atoms with van der Waals surface area (Å²) in [5, 5.41) is 0. The van der Waals surface area contributed by atoms with Crippen molar-refractivity contribution < 1.29 is 9.53 Å². The lowest BCUT2D eigenvalue weighted by Crippen LogP contribution is -2.57. The van der Waals surface area contributed by atoms with Crippen molar-refractivity contribution >= 4 is 14.8 Å². The third-order valence-electron chi connectivity index (χ3n) is 4.98.